The number of halogens is 2. The van der Waals surface area contributed by atoms with Gasteiger partial charge in [-0.25, -0.2) is 4.39 Å². The number of rotatable bonds is 0. The van der Waals surface area contributed by atoms with Crippen LogP contribution in [-0.4, -0.2) is 11.0 Å². The molecule has 0 radical (unpaired) electrons. The van der Waals surface area contributed by atoms with E-state index in [2.05, 4.69) is 0 Å². The van der Waals surface area contributed by atoms with E-state index in [-0.39, 0.29) is 12.1 Å². The number of nitriles is 1. The average molecular weight is 159 g/mol. The van der Waals surface area contributed by atoms with Gasteiger partial charge in [0.05, 0.1) is 18.2 Å². The van der Waals surface area contributed by atoms with Crippen molar-refractivity contribution >= 4 is 11.8 Å². The zero-order chi connectivity index (χ0) is 7.56. The van der Waals surface area contributed by atoms with Crippen molar-refractivity contribution in [1.29, 1.82) is 5.26 Å². The molecule has 0 saturated heterocycles. The first-order valence-electron chi connectivity index (χ1n) is 2.63. The number of hydrogen-bond donors (Lipinski definition) is 0. The molecule has 0 amide bonds. The molecule has 1 aliphatic rings. The maximum absolute atomic E-state index is 12.5. The third-order valence-corrected chi connectivity index (χ3v) is 1.35. The highest BCUT2D eigenvalue weighted by atomic mass is 35.5. The Balaban J connectivity index is 2.87. The molecule has 1 aliphatic heterocycles. The summed E-state index contributed by atoms with van der Waals surface area (Å²) >= 11 is 5.45. The van der Waals surface area contributed by atoms with Crippen molar-refractivity contribution in [3.8, 4) is 6.07 Å². The summed E-state index contributed by atoms with van der Waals surface area (Å²) in [5.74, 6) is -0.501. The highest BCUT2D eigenvalue weighted by molar-refractivity contribution is 6.14. The summed E-state index contributed by atoms with van der Waals surface area (Å²) in [6, 6.07) is 1.71. The topological polar surface area (TPSA) is 27.0 Å². The number of allylic oxidation sites excluding steroid dienone is 2. The van der Waals surface area contributed by atoms with Crippen LogP contribution in [0.25, 0.3) is 0 Å². The van der Waals surface area contributed by atoms with Gasteiger partial charge in [-0.15, -0.1) is 0 Å². The Kier molecular flexibility index (Phi) is 1.93. The molecule has 1 heterocycles. The zero-order valence-electron chi connectivity index (χ0n) is 5.01. The van der Waals surface area contributed by atoms with Crippen molar-refractivity contribution in [3.63, 3.8) is 0 Å². The summed E-state index contributed by atoms with van der Waals surface area (Å²) in [6.07, 6.45) is 2.53. The Morgan fingerprint density at radius 1 is 1.80 bits per heavy atom. The molecule has 0 bridgehead atoms. The molecule has 0 fully saturated rings. The second-order valence-corrected chi connectivity index (χ2v) is 2.25. The van der Waals surface area contributed by atoms with Gasteiger partial charge in [-0.05, 0) is 6.08 Å². The summed E-state index contributed by atoms with van der Waals surface area (Å²) in [4.78, 5) is 0. The van der Waals surface area contributed by atoms with Gasteiger partial charge in [0.1, 0.15) is 5.83 Å². The Labute approximate surface area is 62.9 Å². The van der Waals surface area contributed by atoms with Gasteiger partial charge in [0.25, 0.3) is 0 Å². The van der Waals surface area contributed by atoms with Gasteiger partial charge in [0.2, 0.25) is 0 Å². The van der Waals surface area contributed by atoms with Crippen molar-refractivity contribution in [2.24, 2.45) is 0 Å². The van der Waals surface area contributed by atoms with Crippen LogP contribution in [0.2, 0.25) is 0 Å². The second-order valence-electron chi connectivity index (χ2n) is 1.81. The summed E-state index contributed by atoms with van der Waals surface area (Å²) in [6.45, 7) is 0.139. The van der Waals surface area contributed by atoms with E-state index in [1.807, 2.05) is 0 Å². The Morgan fingerprint density at radius 2 is 2.50 bits per heavy atom. The maximum Gasteiger partial charge on any atom is 0.140 e. The minimum absolute atomic E-state index is 0.0671. The van der Waals surface area contributed by atoms with E-state index in [1.54, 1.807) is 6.07 Å². The van der Waals surface area contributed by atoms with Gasteiger partial charge in [-0.3, -0.25) is 4.42 Å². The van der Waals surface area contributed by atoms with Crippen LogP contribution in [0.1, 0.15) is 0 Å². The summed E-state index contributed by atoms with van der Waals surface area (Å²) < 4.78 is 13.7. The minimum Gasteiger partial charge on any atom is -0.287 e. The van der Waals surface area contributed by atoms with Crippen LogP contribution in [0, 0.1) is 11.3 Å². The first-order valence-corrected chi connectivity index (χ1v) is 2.97. The number of hydrogen-bond acceptors (Lipinski definition) is 2. The van der Waals surface area contributed by atoms with Crippen LogP contribution < -0.4 is 0 Å². The van der Waals surface area contributed by atoms with Gasteiger partial charge in [0.15, 0.2) is 0 Å². The van der Waals surface area contributed by atoms with Gasteiger partial charge in [-0.2, -0.15) is 5.26 Å². The van der Waals surface area contributed by atoms with Crippen molar-refractivity contribution in [2.75, 3.05) is 6.54 Å². The molecule has 0 unspecified atom stereocenters. The lowest BCUT2D eigenvalue weighted by Crippen LogP contribution is -2.11. The normalized spacial score (nSPS) is 17.5. The van der Waals surface area contributed by atoms with E-state index >= 15 is 0 Å². The fourth-order valence-electron chi connectivity index (χ4n) is 0.615. The molecular formula is C6H4ClFN2. The standard InChI is InChI=1S/C6H4ClFN2/c7-10-2-1-6(8)5(3-9)4-10/h1-2H,4H2. The smallest absolute Gasteiger partial charge is 0.140 e. The van der Waals surface area contributed by atoms with Crippen LogP contribution in [0.4, 0.5) is 4.39 Å². The second kappa shape index (κ2) is 2.72. The van der Waals surface area contributed by atoms with Crippen molar-refractivity contribution < 1.29 is 4.39 Å². The van der Waals surface area contributed by atoms with Crippen LogP contribution in [0.3, 0.4) is 0 Å². The quantitative estimate of drug-likeness (QED) is 0.502. The molecule has 0 aliphatic carbocycles. The highest BCUT2D eigenvalue weighted by Crippen LogP contribution is 2.16. The van der Waals surface area contributed by atoms with E-state index in [1.165, 1.54) is 10.6 Å². The van der Waals surface area contributed by atoms with Gasteiger partial charge in [-0.1, -0.05) is 0 Å². The third-order valence-electron chi connectivity index (χ3n) is 1.12. The van der Waals surface area contributed by atoms with Crippen LogP contribution in [0.5, 0.6) is 0 Å². The van der Waals surface area contributed by atoms with Crippen LogP contribution in [0.15, 0.2) is 23.7 Å². The molecule has 0 saturated carbocycles. The molecule has 2 nitrogen and oxygen atoms in total. The fourth-order valence-corrected chi connectivity index (χ4v) is 0.791. The molecule has 0 aromatic carbocycles. The monoisotopic (exact) mass is 158 g/mol. The van der Waals surface area contributed by atoms with Gasteiger partial charge in [0, 0.05) is 18.0 Å². The van der Waals surface area contributed by atoms with E-state index < -0.39 is 5.83 Å². The van der Waals surface area contributed by atoms with Gasteiger partial charge < -0.3 is 0 Å². The van der Waals surface area contributed by atoms with E-state index in [4.69, 9.17) is 17.0 Å². The third kappa shape index (κ3) is 1.28. The van der Waals surface area contributed by atoms with Crippen LogP contribution in [-0.2, 0) is 0 Å². The molecule has 10 heavy (non-hydrogen) atoms. The van der Waals surface area contributed by atoms with Crippen LogP contribution >= 0.6 is 11.8 Å². The van der Waals surface area contributed by atoms with Gasteiger partial charge >= 0.3 is 0 Å². The van der Waals surface area contributed by atoms with Crippen molar-refractivity contribution in [3.05, 3.63) is 23.7 Å². The molecule has 0 atom stereocenters. The lowest BCUT2D eigenvalue weighted by Gasteiger charge is -2.12. The molecule has 0 N–H and O–H groups in total. The van der Waals surface area contributed by atoms with E-state index in [0.717, 1.165) is 6.08 Å². The number of nitrogens with zero attached hydrogens (tertiary/aromatic N) is 2. The zero-order valence-corrected chi connectivity index (χ0v) is 5.77. The first-order chi connectivity index (χ1) is 4.74. The molecule has 4 heteroatoms. The van der Waals surface area contributed by atoms with E-state index in [9.17, 15) is 4.39 Å². The summed E-state index contributed by atoms with van der Waals surface area (Å²) in [5, 5.41) is 8.31. The summed E-state index contributed by atoms with van der Waals surface area (Å²) in [5.41, 5.74) is 0.0671. The summed E-state index contributed by atoms with van der Waals surface area (Å²) in [7, 11) is 0. The Morgan fingerprint density at radius 3 is 3.00 bits per heavy atom. The predicted octanol–water partition coefficient (Wildman–Crippen LogP) is 1.72. The Hall–Kier alpha value is -1.01. The van der Waals surface area contributed by atoms with E-state index in [0.29, 0.717) is 0 Å². The largest absolute Gasteiger partial charge is 0.287 e. The Bertz CT molecular complexity index is 239. The maximum atomic E-state index is 12.5. The molecule has 0 aromatic heterocycles. The van der Waals surface area contributed by atoms with Crippen molar-refractivity contribution in [1.82, 2.24) is 4.42 Å². The average Bonchev–Trinajstić information content (AvgIpc) is 1.94. The van der Waals surface area contributed by atoms with Crippen molar-refractivity contribution in [2.45, 2.75) is 0 Å². The highest BCUT2D eigenvalue weighted by Gasteiger charge is 2.10. The SMILES string of the molecule is N#CC1=C(F)C=CN(Cl)C1. The molecule has 52 valence electrons. The predicted molar refractivity (Wildman–Crippen MR) is 35.4 cm³/mol. The minimum atomic E-state index is -0.501. The molecule has 1 rings (SSSR count). The lowest BCUT2D eigenvalue weighted by molar-refractivity contribution is 0.587. The molecular weight excluding hydrogens is 155 g/mol. The lowest BCUT2D eigenvalue weighted by atomic mass is 10.2. The molecule has 0 spiro atoms. The molecule has 0 aromatic rings. The first kappa shape index (κ1) is 7.10. The fraction of sp³-hybridized carbons (Fsp3) is 0.167.